The lowest BCUT2D eigenvalue weighted by Gasteiger charge is -2.06. The van der Waals surface area contributed by atoms with Gasteiger partial charge in [-0.2, -0.15) is 8.42 Å². The van der Waals surface area contributed by atoms with Crippen LogP contribution in [0.1, 0.15) is 16.1 Å². The first-order chi connectivity index (χ1) is 6.75. The number of carboxylic acid groups (broad SMARTS) is 1. The van der Waals surface area contributed by atoms with Crippen LogP contribution in [-0.2, 0) is 10.1 Å². The first-order valence-corrected chi connectivity index (χ1v) is 5.43. The third kappa shape index (κ3) is 2.25. The van der Waals surface area contributed by atoms with Crippen molar-refractivity contribution < 1.29 is 22.9 Å². The molecule has 0 aliphatic carbocycles. The summed E-state index contributed by atoms with van der Waals surface area (Å²) in [6.07, 6.45) is 1.11. The fourth-order valence-electron chi connectivity index (χ4n) is 0.947. The normalized spacial score (nSPS) is 11.4. The van der Waals surface area contributed by atoms with E-state index in [2.05, 4.69) is 4.98 Å². The lowest BCUT2D eigenvalue weighted by Crippen LogP contribution is -2.12. The van der Waals surface area contributed by atoms with E-state index in [1.807, 2.05) is 0 Å². The van der Waals surface area contributed by atoms with E-state index in [1.165, 1.54) is 6.92 Å². The number of hydrogen-bond donors (Lipinski definition) is 2. The number of pyridine rings is 1. The topological polar surface area (TPSA) is 105 Å². The fourth-order valence-corrected chi connectivity index (χ4v) is 2.15. The second-order valence-corrected chi connectivity index (χ2v) is 4.45. The van der Waals surface area contributed by atoms with Crippen molar-refractivity contribution in [2.45, 2.75) is 11.8 Å². The Labute approximate surface area is 90.3 Å². The molecule has 0 saturated carbocycles. The van der Waals surface area contributed by atoms with Gasteiger partial charge < -0.3 is 5.11 Å². The van der Waals surface area contributed by atoms with E-state index >= 15 is 0 Å². The zero-order valence-electron chi connectivity index (χ0n) is 7.43. The summed E-state index contributed by atoms with van der Waals surface area (Å²) in [5, 5.41) is 8.30. The van der Waals surface area contributed by atoms with Gasteiger partial charge in [-0.25, -0.2) is 9.78 Å². The molecule has 15 heavy (non-hydrogen) atoms. The van der Waals surface area contributed by atoms with Crippen molar-refractivity contribution in [2.24, 2.45) is 0 Å². The van der Waals surface area contributed by atoms with Crippen LogP contribution in [-0.4, -0.2) is 29.0 Å². The van der Waals surface area contributed by atoms with Gasteiger partial charge in [-0.1, -0.05) is 11.6 Å². The molecule has 6 nitrogen and oxygen atoms in total. The van der Waals surface area contributed by atoms with Crippen LogP contribution < -0.4 is 0 Å². The highest BCUT2D eigenvalue weighted by molar-refractivity contribution is 7.86. The third-order valence-electron chi connectivity index (χ3n) is 1.61. The summed E-state index contributed by atoms with van der Waals surface area (Å²) in [6, 6.07) is 0. The summed E-state index contributed by atoms with van der Waals surface area (Å²) < 4.78 is 30.6. The minimum Gasteiger partial charge on any atom is -0.476 e. The summed E-state index contributed by atoms with van der Waals surface area (Å²) >= 11 is 5.58. The largest absolute Gasteiger partial charge is 0.476 e. The highest BCUT2D eigenvalue weighted by atomic mass is 35.5. The summed E-state index contributed by atoms with van der Waals surface area (Å²) in [7, 11) is -4.71. The molecule has 0 fully saturated rings. The van der Waals surface area contributed by atoms with Crippen LogP contribution in [0.15, 0.2) is 11.1 Å². The van der Waals surface area contributed by atoms with Crippen LogP contribution in [0.5, 0.6) is 0 Å². The minimum absolute atomic E-state index is 0.259. The molecule has 1 rings (SSSR count). The van der Waals surface area contributed by atoms with Crippen molar-refractivity contribution in [2.75, 3.05) is 0 Å². The molecule has 1 aromatic rings. The number of carboxylic acids is 1. The van der Waals surface area contributed by atoms with Crippen LogP contribution in [0.2, 0.25) is 5.02 Å². The van der Waals surface area contributed by atoms with Crippen LogP contribution in [0.25, 0.3) is 0 Å². The van der Waals surface area contributed by atoms with Gasteiger partial charge in [0.05, 0.1) is 5.02 Å². The van der Waals surface area contributed by atoms with Gasteiger partial charge in [0.2, 0.25) is 0 Å². The van der Waals surface area contributed by atoms with Crippen molar-refractivity contribution in [3.8, 4) is 0 Å². The van der Waals surface area contributed by atoms with Crippen molar-refractivity contribution in [3.63, 3.8) is 0 Å². The van der Waals surface area contributed by atoms with Gasteiger partial charge in [0.15, 0.2) is 5.69 Å². The first-order valence-electron chi connectivity index (χ1n) is 3.61. The van der Waals surface area contributed by atoms with Gasteiger partial charge in [-0.3, -0.25) is 4.55 Å². The number of rotatable bonds is 2. The van der Waals surface area contributed by atoms with Crippen molar-refractivity contribution in [3.05, 3.63) is 22.5 Å². The molecule has 0 unspecified atom stereocenters. The fraction of sp³-hybridized carbons (Fsp3) is 0.143. The average molecular weight is 252 g/mol. The molecule has 0 amide bonds. The van der Waals surface area contributed by atoms with Crippen LogP contribution in [0.3, 0.4) is 0 Å². The maximum Gasteiger partial charge on any atom is 0.356 e. The van der Waals surface area contributed by atoms with Gasteiger partial charge >= 0.3 is 5.97 Å². The number of aromatic carboxylic acids is 1. The summed E-state index contributed by atoms with van der Waals surface area (Å²) in [4.78, 5) is 13.1. The van der Waals surface area contributed by atoms with E-state index in [9.17, 15) is 13.2 Å². The molecule has 1 aromatic heterocycles. The molecule has 0 atom stereocenters. The van der Waals surface area contributed by atoms with Crippen molar-refractivity contribution >= 4 is 27.7 Å². The summed E-state index contributed by atoms with van der Waals surface area (Å²) in [5.74, 6) is -1.58. The molecule has 0 radical (unpaired) electrons. The summed E-state index contributed by atoms with van der Waals surface area (Å²) in [5.41, 5.74) is -0.539. The number of aryl methyl sites for hydroxylation is 1. The quantitative estimate of drug-likeness (QED) is 0.760. The molecule has 8 heteroatoms. The average Bonchev–Trinajstić information content (AvgIpc) is 2.06. The first kappa shape index (κ1) is 11.9. The number of halogens is 1. The smallest absolute Gasteiger partial charge is 0.356 e. The van der Waals surface area contributed by atoms with Crippen molar-refractivity contribution in [1.82, 2.24) is 4.98 Å². The lowest BCUT2D eigenvalue weighted by molar-refractivity contribution is 0.0685. The molecule has 0 bridgehead atoms. The Bertz CT molecular complexity index is 524. The number of hydrogen-bond acceptors (Lipinski definition) is 4. The minimum atomic E-state index is -4.71. The molecule has 0 aliphatic rings. The van der Waals surface area contributed by atoms with Crippen LogP contribution >= 0.6 is 11.6 Å². The lowest BCUT2D eigenvalue weighted by atomic mass is 10.3. The van der Waals surface area contributed by atoms with E-state index < -0.39 is 26.7 Å². The predicted molar refractivity (Wildman–Crippen MR) is 50.8 cm³/mol. The monoisotopic (exact) mass is 251 g/mol. The Morgan fingerprint density at radius 3 is 2.47 bits per heavy atom. The molecule has 1 heterocycles. The van der Waals surface area contributed by atoms with Crippen LogP contribution in [0, 0.1) is 6.92 Å². The second kappa shape index (κ2) is 3.76. The molecule has 0 saturated heterocycles. The van der Waals surface area contributed by atoms with E-state index in [4.69, 9.17) is 21.3 Å². The Hall–Kier alpha value is -1.18. The van der Waals surface area contributed by atoms with Crippen LogP contribution in [0.4, 0.5) is 0 Å². The molecule has 0 spiro atoms. The predicted octanol–water partition coefficient (Wildman–Crippen LogP) is 0.988. The third-order valence-corrected chi connectivity index (χ3v) is 3.12. The Kier molecular flexibility index (Phi) is 2.98. The molecular formula is C7H6ClNO5S. The summed E-state index contributed by atoms with van der Waals surface area (Å²) in [6.45, 7) is 1.44. The number of carbonyl (C=O) groups is 1. The maximum atomic E-state index is 10.9. The molecule has 82 valence electrons. The Morgan fingerprint density at radius 2 is 2.07 bits per heavy atom. The highest BCUT2D eigenvalue weighted by Gasteiger charge is 2.26. The van der Waals surface area contributed by atoms with E-state index in [0.717, 1.165) is 6.20 Å². The van der Waals surface area contributed by atoms with Gasteiger partial charge in [-0.05, 0) is 12.5 Å². The van der Waals surface area contributed by atoms with Gasteiger partial charge in [0.1, 0.15) is 4.90 Å². The zero-order valence-corrected chi connectivity index (χ0v) is 9.00. The molecule has 0 aliphatic heterocycles. The SMILES string of the molecule is Cc1cnc(C(=O)O)c(S(=O)(=O)O)c1Cl. The standard InChI is InChI=1S/C7H6ClNO5S/c1-3-2-9-5(7(10)11)6(4(3)8)15(12,13)14/h2H,1H3,(H,10,11)(H,12,13,14). The van der Waals surface area contributed by atoms with E-state index in [0.29, 0.717) is 0 Å². The molecular weight excluding hydrogens is 246 g/mol. The maximum absolute atomic E-state index is 10.9. The molecule has 2 N–H and O–H groups in total. The number of aromatic nitrogens is 1. The second-order valence-electron chi connectivity index (χ2n) is 2.71. The zero-order chi connectivity index (χ0) is 11.8. The Balaban J connectivity index is 3.72. The van der Waals surface area contributed by atoms with Gasteiger partial charge in [0, 0.05) is 6.20 Å². The van der Waals surface area contributed by atoms with Gasteiger partial charge in [-0.15, -0.1) is 0 Å². The van der Waals surface area contributed by atoms with Gasteiger partial charge in [0.25, 0.3) is 10.1 Å². The van der Waals surface area contributed by atoms with E-state index in [-0.39, 0.29) is 10.6 Å². The van der Waals surface area contributed by atoms with Crippen molar-refractivity contribution in [1.29, 1.82) is 0 Å². The Morgan fingerprint density at radius 1 is 1.53 bits per heavy atom. The number of nitrogens with zero attached hydrogens (tertiary/aromatic N) is 1. The highest BCUT2D eigenvalue weighted by Crippen LogP contribution is 2.26. The van der Waals surface area contributed by atoms with E-state index in [1.54, 1.807) is 0 Å². The molecule has 0 aromatic carbocycles.